The van der Waals surface area contributed by atoms with Crippen LogP contribution in [0.5, 0.6) is 0 Å². The van der Waals surface area contributed by atoms with Crippen LogP contribution in [0.25, 0.3) is 0 Å². The van der Waals surface area contributed by atoms with Crippen LogP contribution in [0.1, 0.15) is 35.6 Å². The van der Waals surface area contributed by atoms with Crippen LogP contribution < -0.4 is 5.32 Å². The largest absolute Gasteiger partial charge is 0.374 e. The molecule has 3 rings (SSSR count). The maximum atomic E-state index is 6.10. The molecule has 2 unspecified atom stereocenters. The van der Waals surface area contributed by atoms with Gasteiger partial charge in [-0.25, -0.2) is 0 Å². The number of hydrogen-bond acceptors (Lipinski definition) is 3. The van der Waals surface area contributed by atoms with E-state index in [-0.39, 0.29) is 6.10 Å². The van der Waals surface area contributed by atoms with Crippen LogP contribution in [0, 0.1) is 13.8 Å². The molecule has 1 saturated heterocycles. The van der Waals surface area contributed by atoms with Crippen LogP contribution in [-0.4, -0.2) is 43.8 Å². The van der Waals surface area contributed by atoms with E-state index in [9.17, 15) is 0 Å². The van der Waals surface area contributed by atoms with Gasteiger partial charge in [0.05, 0.1) is 18.8 Å². The molecule has 3 heteroatoms. The van der Waals surface area contributed by atoms with Crippen LogP contribution in [0.3, 0.4) is 0 Å². The summed E-state index contributed by atoms with van der Waals surface area (Å²) in [6, 6.07) is 7.70. The van der Waals surface area contributed by atoms with Crippen LogP contribution in [-0.2, 0) is 4.74 Å². The van der Waals surface area contributed by atoms with Gasteiger partial charge in [0, 0.05) is 19.1 Å². The van der Waals surface area contributed by atoms with Gasteiger partial charge in [0.1, 0.15) is 0 Å². The lowest BCUT2D eigenvalue weighted by atomic mass is 9.90. The van der Waals surface area contributed by atoms with Gasteiger partial charge in [0.15, 0.2) is 0 Å². The highest BCUT2D eigenvalue weighted by Gasteiger charge is 2.34. The first-order valence-electron chi connectivity index (χ1n) is 7.78. The number of hydrogen-bond donors (Lipinski definition) is 1. The quantitative estimate of drug-likeness (QED) is 0.912. The Hall–Kier alpha value is -0.900. The summed E-state index contributed by atoms with van der Waals surface area (Å²) in [6.07, 6.45) is 2.92. The number of nitrogens with zero attached hydrogens (tertiary/aromatic N) is 1. The first kappa shape index (κ1) is 14.1. The van der Waals surface area contributed by atoms with Crippen molar-refractivity contribution < 1.29 is 4.74 Å². The Kier molecular flexibility index (Phi) is 4.11. The first-order valence-corrected chi connectivity index (χ1v) is 7.78. The molecule has 110 valence electrons. The molecule has 2 atom stereocenters. The Morgan fingerprint density at radius 3 is 2.60 bits per heavy atom. The lowest BCUT2D eigenvalue weighted by Gasteiger charge is -2.41. The van der Waals surface area contributed by atoms with Crippen molar-refractivity contribution in [3.8, 4) is 0 Å². The molecule has 1 heterocycles. The number of ether oxygens (including phenoxy) is 1. The van der Waals surface area contributed by atoms with Crippen LogP contribution in [0.15, 0.2) is 18.2 Å². The average Bonchev–Trinajstić information content (AvgIpc) is 3.22. The van der Waals surface area contributed by atoms with Gasteiger partial charge in [0.25, 0.3) is 0 Å². The molecule has 3 nitrogen and oxygen atoms in total. The van der Waals surface area contributed by atoms with Crippen molar-refractivity contribution >= 4 is 0 Å². The van der Waals surface area contributed by atoms with Crippen LogP contribution >= 0.6 is 0 Å². The number of nitrogens with one attached hydrogen (secondary N) is 1. The average molecular weight is 274 g/mol. The van der Waals surface area contributed by atoms with E-state index in [0.717, 1.165) is 25.7 Å². The van der Waals surface area contributed by atoms with E-state index in [2.05, 4.69) is 49.3 Å². The predicted molar refractivity (Wildman–Crippen MR) is 82.1 cm³/mol. The molecule has 1 aromatic carbocycles. The molecule has 20 heavy (non-hydrogen) atoms. The van der Waals surface area contributed by atoms with Crippen molar-refractivity contribution in [3.05, 3.63) is 34.9 Å². The third kappa shape index (κ3) is 2.90. The second-order valence-electron chi connectivity index (χ2n) is 6.32. The fourth-order valence-corrected chi connectivity index (χ4v) is 3.30. The van der Waals surface area contributed by atoms with Gasteiger partial charge in [0.2, 0.25) is 0 Å². The van der Waals surface area contributed by atoms with Crippen LogP contribution in [0.2, 0.25) is 0 Å². The SMILES string of the molecule is Cc1cccc(C)c1C1C(CNC2CC2)OCCN1C. The molecule has 0 bridgehead atoms. The minimum absolute atomic E-state index is 0.258. The minimum Gasteiger partial charge on any atom is -0.374 e. The van der Waals surface area contributed by atoms with Crippen molar-refractivity contribution in [2.45, 2.75) is 44.9 Å². The highest BCUT2D eigenvalue weighted by atomic mass is 16.5. The van der Waals surface area contributed by atoms with Crippen molar-refractivity contribution in [2.75, 3.05) is 26.7 Å². The number of benzene rings is 1. The van der Waals surface area contributed by atoms with Crippen LogP contribution in [0.4, 0.5) is 0 Å². The zero-order valence-electron chi connectivity index (χ0n) is 12.9. The van der Waals surface area contributed by atoms with Gasteiger partial charge >= 0.3 is 0 Å². The lowest BCUT2D eigenvalue weighted by molar-refractivity contribution is -0.0618. The Labute approximate surface area is 122 Å². The van der Waals surface area contributed by atoms with Gasteiger partial charge in [-0.15, -0.1) is 0 Å². The highest BCUT2D eigenvalue weighted by Crippen LogP contribution is 2.33. The van der Waals surface area contributed by atoms with E-state index in [1.54, 1.807) is 0 Å². The Bertz CT molecular complexity index is 450. The number of morpholine rings is 1. The van der Waals surface area contributed by atoms with E-state index in [1.807, 2.05) is 0 Å². The molecule has 0 aromatic heterocycles. The Morgan fingerprint density at radius 1 is 1.25 bits per heavy atom. The maximum Gasteiger partial charge on any atom is 0.0896 e. The summed E-state index contributed by atoms with van der Waals surface area (Å²) in [4.78, 5) is 2.46. The van der Waals surface area contributed by atoms with E-state index >= 15 is 0 Å². The second-order valence-corrected chi connectivity index (χ2v) is 6.32. The molecular weight excluding hydrogens is 248 g/mol. The molecule has 2 aliphatic rings. The third-order valence-corrected chi connectivity index (χ3v) is 4.63. The fourth-order valence-electron chi connectivity index (χ4n) is 3.30. The molecule has 0 radical (unpaired) electrons. The number of rotatable bonds is 4. The van der Waals surface area contributed by atoms with E-state index in [4.69, 9.17) is 4.74 Å². The maximum absolute atomic E-state index is 6.10. The van der Waals surface area contributed by atoms with Gasteiger partial charge in [-0.1, -0.05) is 18.2 Å². The van der Waals surface area contributed by atoms with Gasteiger partial charge in [-0.3, -0.25) is 4.90 Å². The number of likely N-dealkylation sites (N-methyl/N-ethyl adjacent to an activating group) is 1. The molecule has 1 aliphatic heterocycles. The molecular formula is C17H26N2O. The molecule has 1 N–H and O–H groups in total. The number of aryl methyl sites for hydroxylation is 2. The summed E-state index contributed by atoms with van der Waals surface area (Å²) < 4.78 is 6.10. The van der Waals surface area contributed by atoms with Gasteiger partial charge in [-0.05, 0) is 50.4 Å². The lowest BCUT2D eigenvalue weighted by Crippen LogP contribution is -2.48. The molecule has 1 aromatic rings. The zero-order valence-corrected chi connectivity index (χ0v) is 12.9. The van der Waals surface area contributed by atoms with Crippen molar-refractivity contribution in [1.82, 2.24) is 10.2 Å². The normalized spacial score (nSPS) is 27.8. The summed E-state index contributed by atoms with van der Waals surface area (Å²) in [5.41, 5.74) is 4.21. The topological polar surface area (TPSA) is 24.5 Å². The highest BCUT2D eigenvalue weighted by molar-refractivity contribution is 5.37. The monoisotopic (exact) mass is 274 g/mol. The molecule has 2 fully saturated rings. The zero-order chi connectivity index (χ0) is 14.1. The smallest absolute Gasteiger partial charge is 0.0896 e. The van der Waals surface area contributed by atoms with Gasteiger partial charge < -0.3 is 10.1 Å². The van der Waals surface area contributed by atoms with E-state index in [0.29, 0.717) is 6.04 Å². The molecule has 0 amide bonds. The predicted octanol–water partition coefficient (Wildman–Crippen LogP) is 2.43. The molecule has 1 saturated carbocycles. The molecule has 0 spiro atoms. The summed E-state index contributed by atoms with van der Waals surface area (Å²) in [5.74, 6) is 0. The summed E-state index contributed by atoms with van der Waals surface area (Å²) in [5, 5.41) is 3.63. The van der Waals surface area contributed by atoms with E-state index < -0.39 is 0 Å². The van der Waals surface area contributed by atoms with Gasteiger partial charge in [-0.2, -0.15) is 0 Å². The summed E-state index contributed by atoms with van der Waals surface area (Å²) >= 11 is 0. The van der Waals surface area contributed by atoms with Crippen molar-refractivity contribution in [1.29, 1.82) is 0 Å². The minimum atomic E-state index is 0.258. The summed E-state index contributed by atoms with van der Waals surface area (Å²) in [6.45, 7) is 7.26. The Balaban J connectivity index is 1.84. The van der Waals surface area contributed by atoms with Crippen molar-refractivity contribution in [2.24, 2.45) is 0 Å². The fraction of sp³-hybridized carbons (Fsp3) is 0.647. The standard InChI is InChI=1S/C17H26N2O/c1-12-5-4-6-13(2)16(12)17-15(11-18-14-7-8-14)20-10-9-19(17)3/h4-6,14-15,17-18H,7-11H2,1-3H3. The first-order chi connectivity index (χ1) is 9.66. The molecule has 1 aliphatic carbocycles. The summed E-state index contributed by atoms with van der Waals surface area (Å²) in [7, 11) is 2.23. The third-order valence-electron chi connectivity index (χ3n) is 4.63. The Morgan fingerprint density at radius 2 is 1.95 bits per heavy atom. The second kappa shape index (κ2) is 5.84. The van der Waals surface area contributed by atoms with Crippen molar-refractivity contribution in [3.63, 3.8) is 0 Å². The van der Waals surface area contributed by atoms with E-state index in [1.165, 1.54) is 29.5 Å².